The third-order valence-corrected chi connectivity index (χ3v) is 6.35. The second-order valence-electron chi connectivity index (χ2n) is 7.86. The second-order valence-corrected chi connectivity index (χ2v) is 8.58. The summed E-state index contributed by atoms with van der Waals surface area (Å²) in [6.45, 7) is 0.519. The van der Waals surface area contributed by atoms with Gasteiger partial charge in [0.2, 0.25) is 5.91 Å². The maximum atomic E-state index is 13.4. The summed E-state index contributed by atoms with van der Waals surface area (Å²) in [5.74, 6) is 0.797. The van der Waals surface area contributed by atoms with E-state index in [1.54, 1.807) is 33.8 Å². The van der Waals surface area contributed by atoms with Crippen molar-refractivity contribution in [1.82, 2.24) is 19.9 Å². The van der Waals surface area contributed by atoms with E-state index in [4.69, 9.17) is 0 Å². The molecule has 0 aromatic carbocycles. The van der Waals surface area contributed by atoms with Crippen molar-refractivity contribution in [2.45, 2.75) is 25.4 Å². The molecule has 31 heavy (non-hydrogen) atoms. The monoisotopic (exact) mass is 434 g/mol. The first-order chi connectivity index (χ1) is 15.1. The number of pyridine rings is 2. The van der Waals surface area contributed by atoms with Crippen LogP contribution in [0.25, 0.3) is 0 Å². The summed E-state index contributed by atoms with van der Waals surface area (Å²) in [7, 11) is 1.82. The van der Waals surface area contributed by atoms with Gasteiger partial charge in [-0.3, -0.25) is 14.6 Å². The Labute approximate surface area is 184 Å². The van der Waals surface area contributed by atoms with Crippen LogP contribution >= 0.6 is 11.3 Å². The van der Waals surface area contributed by atoms with Crippen LogP contribution in [-0.4, -0.2) is 45.3 Å². The minimum atomic E-state index is -0.135. The molecule has 1 aliphatic carbocycles. The molecule has 2 amide bonds. The SMILES string of the molecule is CN(C(=O)c1cnc2c(c1)N(Cc1cscn1)C(=O)CN2)C(c1ccccn1)C1CC1. The number of carbonyl (C=O) groups excluding carboxylic acids is 2. The summed E-state index contributed by atoms with van der Waals surface area (Å²) >= 11 is 1.49. The average molecular weight is 435 g/mol. The van der Waals surface area contributed by atoms with Gasteiger partial charge in [-0.15, -0.1) is 11.3 Å². The molecule has 5 rings (SSSR count). The molecule has 1 N–H and O–H groups in total. The number of anilines is 2. The largest absolute Gasteiger partial charge is 0.359 e. The van der Waals surface area contributed by atoms with Crippen molar-refractivity contribution in [3.05, 3.63) is 64.5 Å². The Balaban J connectivity index is 1.45. The average Bonchev–Trinajstić information content (AvgIpc) is 3.49. The van der Waals surface area contributed by atoms with Crippen molar-refractivity contribution in [2.24, 2.45) is 5.92 Å². The zero-order valence-electron chi connectivity index (χ0n) is 17.1. The van der Waals surface area contributed by atoms with E-state index in [1.165, 1.54) is 11.3 Å². The fraction of sp³-hybridized carbons (Fsp3) is 0.318. The van der Waals surface area contributed by atoms with Gasteiger partial charge in [0.1, 0.15) is 0 Å². The Morgan fingerprint density at radius 3 is 2.90 bits per heavy atom. The maximum Gasteiger partial charge on any atom is 0.255 e. The predicted molar refractivity (Wildman–Crippen MR) is 118 cm³/mol. The Morgan fingerprint density at radius 2 is 2.19 bits per heavy atom. The molecule has 1 saturated carbocycles. The normalized spacial score (nSPS) is 16.4. The molecule has 0 bridgehead atoms. The smallest absolute Gasteiger partial charge is 0.255 e. The molecular formula is C22H22N6O2S. The number of thiazole rings is 1. The van der Waals surface area contributed by atoms with Crippen molar-refractivity contribution in [3.63, 3.8) is 0 Å². The summed E-state index contributed by atoms with van der Waals surface area (Å²) in [6, 6.07) is 7.47. The molecule has 3 aromatic rings. The van der Waals surface area contributed by atoms with Gasteiger partial charge < -0.3 is 15.1 Å². The van der Waals surface area contributed by atoms with Crippen LogP contribution in [0.3, 0.4) is 0 Å². The van der Waals surface area contributed by atoms with Gasteiger partial charge in [0.05, 0.1) is 47.3 Å². The van der Waals surface area contributed by atoms with Crippen molar-refractivity contribution >= 4 is 34.7 Å². The van der Waals surface area contributed by atoms with Gasteiger partial charge in [0.25, 0.3) is 5.91 Å². The van der Waals surface area contributed by atoms with Crippen LogP contribution in [0, 0.1) is 5.92 Å². The van der Waals surface area contributed by atoms with Crippen LogP contribution in [-0.2, 0) is 11.3 Å². The Morgan fingerprint density at radius 1 is 1.32 bits per heavy atom. The third kappa shape index (κ3) is 3.88. The number of nitrogens with one attached hydrogen (secondary N) is 1. The number of hydrogen-bond acceptors (Lipinski definition) is 7. The molecule has 0 spiro atoms. The van der Waals surface area contributed by atoms with Crippen molar-refractivity contribution in [3.8, 4) is 0 Å². The van der Waals surface area contributed by atoms with Crippen molar-refractivity contribution in [2.75, 3.05) is 23.8 Å². The fourth-order valence-corrected chi connectivity index (χ4v) is 4.55. The van der Waals surface area contributed by atoms with E-state index in [0.29, 0.717) is 29.5 Å². The lowest BCUT2D eigenvalue weighted by Crippen LogP contribution is -2.40. The van der Waals surface area contributed by atoms with Crippen LogP contribution < -0.4 is 10.2 Å². The molecule has 0 saturated heterocycles. The third-order valence-electron chi connectivity index (χ3n) is 5.71. The van der Waals surface area contributed by atoms with Gasteiger partial charge >= 0.3 is 0 Å². The number of carbonyl (C=O) groups is 2. The van der Waals surface area contributed by atoms with E-state index < -0.39 is 0 Å². The molecule has 1 fully saturated rings. The van der Waals surface area contributed by atoms with Crippen LogP contribution in [0.5, 0.6) is 0 Å². The Bertz CT molecular complexity index is 1100. The molecule has 158 valence electrons. The number of amides is 2. The van der Waals surface area contributed by atoms with Crippen LogP contribution in [0.1, 0.15) is 40.6 Å². The lowest BCUT2D eigenvalue weighted by Gasteiger charge is -2.31. The summed E-state index contributed by atoms with van der Waals surface area (Å²) < 4.78 is 0. The van der Waals surface area contributed by atoms with Gasteiger partial charge in [-0.25, -0.2) is 9.97 Å². The van der Waals surface area contributed by atoms with Crippen molar-refractivity contribution < 1.29 is 9.59 Å². The molecule has 3 aromatic heterocycles. The first-order valence-electron chi connectivity index (χ1n) is 10.2. The summed E-state index contributed by atoms with van der Waals surface area (Å²) in [5, 5.41) is 4.95. The fourth-order valence-electron chi connectivity index (χ4n) is 4.00. The number of hydrogen-bond donors (Lipinski definition) is 1. The molecule has 8 nitrogen and oxygen atoms in total. The van der Waals surface area contributed by atoms with E-state index in [-0.39, 0.29) is 24.4 Å². The molecule has 1 atom stereocenters. The van der Waals surface area contributed by atoms with Gasteiger partial charge in [0, 0.05) is 24.8 Å². The standard InChI is InChI=1S/C22H22N6O2S/c1-27(20(14-5-6-14)17-4-2-3-7-23-17)22(30)15-8-18-21(24-9-15)25-10-19(29)28(18)11-16-12-31-13-26-16/h2-4,7-9,12-14,20H,5-6,10-11H2,1H3,(H,24,25). The van der Waals surface area contributed by atoms with Crippen molar-refractivity contribution in [1.29, 1.82) is 0 Å². The zero-order chi connectivity index (χ0) is 21.4. The first-order valence-corrected chi connectivity index (χ1v) is 11.2. The summed E-state index contributed by atoms with van der Waals surface area (Å²) in [4.78, 5) is 42.6. The topological polar surface area (TPSA) is 91.3 Å². The number of fused-ring (bicyclic) bond motifs is 1. The molecule has 1 aliphatic heterocycles. The highest BCUT2D eigenvalue weighted by atomic mass is 32.1. The summed E-state index contributed by atoms with van der Waals surface area (Å²) in [5.41, 5.74) is 4.50. The number of rotatable bonds is 6. The van der Waals surface area contributed by atoms with E-state index in [1.807, 2.05) is 30.6 Å². The highest BCUT2D eigenvalue weighted by Gasteiger charge is 2.38. The molecule has 0 radical (unpaired) electrons. The quantitative estimate of drug-likeness (QED) is 0.641. The highest BCUT2D eigenvalue weighted by Crippen LogP contribution is 2.44. The molecular weight excluding hydrogens is 412 g/mol. The van der Waals surface area contributed by atoms with E-state index in [9.17, 15) is 9.59 Å². The first kappa shape index (κ1) is 19.6. The lowest BCUT2D eigenvalue weighted by molar-refractivity contribution is -0.117. The minimum absolute atomic E-state index is 0.0735. The molecule has 2 aliphatic rings. The number of aromatic nitrogens is 3. The summed E-state index contributed by atoms with van der Waals surface area (Å²) in [6.07, 6.45) is 5.50. The predicted octanol–water partition coefficient (Wildman–Crippen LogP) is 3.12. The molecule has 1 unspecified atom stereocenters. The van der Waals surface area contributed by atoms with Gasteiger partial charge in [0.15, 0.2) is 5.82 Å². The number of nitrogens with zero attached hydrogens (tertiary/aromatic N) is 5. The van der Waals surface area contributed by atoms with E-state index in [2.05, 4.69) is 20.3 Å². The molecule has 9 heteroatoms. The Hall–Kier alpha value is -3.33. The maximum absolute atomic E-state index is 13.4. The van der Waals surface area contributed by atoms with Gasteiger partial charge in [-0.1, -0.05) is 6.07 Å². The van der Waals surface area contributed by atoms with E-state index in [0.717, 1.165) is 24.2 Å². The van der Waals surface area contributed by atoms with Crippen LogP contribution in [0.15, 0.2) is 47.5 Å². The minimum Gasteiger partial charge on any atom is -0.359 e. The lowest BCUT2D eigenvalue weighted by atomic mass is 10.0. The van der Waals surface area contributed by atoms with Gasteiger partial charge in [-0.2, -0.15) is 0 Å². The van der Waals surface area contributed by atoms with Gasteiger partial charge in [-0.05, 0) is 37.0 Å². The second kappa shape index (κ2) is 8.07. The van der Waals surface area contributed by atoms with Crippen LogP contribution in [0.2, 0.25) is 0 Å². The highest BCUT2D eigenvalue weighted by molar-refractivity contribution is 7.07. The Kier molecular flexibility index (Phi) is 5.11. The zero-order valence-corrected chi connectivity index (χ0v) is 17.9. The van der Waals surface area contributed by atoms with E-state index >= 15 is 0 Å². The molecule has 4 heterocycles. The van der Waals surface area contributed by atoms with Crippen LogP contribution in [0.4, 0.5) is 11.5 Å².